The van der Waals surface area contributed by atoms with Gasteiger partial charge < -0.3 is 4.74 Å². The molecule has 0 unspecified atom stereocenters. The van der Waals surface area contributed by atoms with Crippen LogP contribution in [0.15, 0.2) is 11.8 Å². The Labute approximate surface area is 88.1 Å². The van der Waals surface area contributed by atoms with Crippen LogP contribution >= 0.6 is 11.6 Å². The number of carbonyl (C=O) groups excluding carboxylic acids is 2. The Morgan fingerprint density at radius 1 is 1.57 bits per heavy atom. The Morgan fingerprint density at radius 3 is 2.71 bits per heavy atom. The third-order valence-corrected chi connectivity index (χ3v) is 2.20. The zero-order valence-corrected chi connectivity index (χ0v) is 9.06. The Hall–Kier alpha value is -0.830. The molecule has 0 radical (unpaired) electrons. The van der Waals surface area contributed by atoms with E-state index in [4.69, 9.17) is 16.3 Å². The summed E-state index contributed by atoms with van der Waals surface area (Å²) in [4.78, 5) is 22.1. The molecule has 1 aliphatic rings. The monoisotopic (exact) mass is 216 g/mol. The zero-order chi connectivity index (χ0) is 10.8. The van der Waals surface area contributed by atoms with Gasteiger partial charge in [0, 0.05) is 18.9 Å². The van der Waals surface area contributed by atoms with Gasteiger partial charge in [-0.25, -0.2) is 0 Å². The van der Waals surface area contributed by atoms with E-state index in [1.807, 2.05) is 13.8 Å². The average Bonchev–Trinajstić information content (AvgIpc) is 1.99. The highest BCUT2D eigenvalue weighted by Gasteiger charge is 2.29. The highest BCUT2D eigenvalue weighted by molar-refractivity contribution is 6.26. The minimum absolute atomic E-state index is 0.00128. The van der Waals surface area contributed by atoms with Crippen LogP contribution in [0.1, 0.15) is 26.7 Å². The molecule has 0 saturated carbocycles. The largest absolute Gasteiger partial charge is 0.430 e. The van der Waals surface area contributed by atoms with Gasteiger partial charge in [-0.1, -0.05) is 13.8 Å². The van der Waals surface area contributed by atoms with E-state index in [-0.39, 0.29) is 17.1 Å². The van der Waals surface area contributed by atoms with Gasteiger partial charge in [0.2, 0.25) is 0 Å². The molecule has 1 rings (SSSR count). The van der Waals surface area contributed by atoms with Crippen LogP contribution < -0.4 is 0 Å². The summed E-state index contributed by atoms with van der Waals surface area (Å²) in [6, 6.07) is 0. The van der Waals surface area contributed by atoms with Crippen LogP contribution in [0.3, 0.4) is 0 Å². The van der Waals surface area contributed by atoms with Crippen molar-refractivity contribution in [2.45, 2.75) is 26.7 Å². The van der Waals surface area contributed by atoms with Gasteiger partial charge in [0.15, 0.2) is 5.78 Å². The van der Waals surface area contributed by atoms with Crippen LogP contribution in [0.5, 0.6) is 0 Å². The minimum atomic E-state index is -0.511. The first kappa shape index (κ1) is 11.2. The summed E-state index contributed by atoms with van der Waals surface area (Å²) in [7, 11) is 0. The molecule has 3 nitrogen and oxygen atoms in total. The summed E-state index contributed by atoms with van der Waals surface area (Å²) < 4.78 is 4.92. The normalized spacial score (nSPS) is 20.2. The van der Waals surface area contributed by atoms with Crippen molar-refractivity contribution in [1.82, 2.24) is 0 Å². The lowest BCUT2D eigenvalue weighted by molar-refractivity contribution is -0.137. The summed E-state index contributed by atoms with van der Waals surface area (Å²) in [5, 5.41) is 0. The minimum Gasteiger partial charge on any atom is -0.430 e. The number of rotatable bonds is 2. The van der Waals surface area contributed by atoms with Crippen LogP contribution in [0.4, 0.5) is 0 Å². The van der Waals surface area contributed by atoms with Crippen molar-refractivity contribution < 1.29 is 14.3 Å². The molecule has 0 N–H and O–H groups in total. The molecule has 14 heavy (non-hydrogen) atoms. The topological polar surface area (TPSA) is 43.4 Å². The van der Waals surface area contributed by atoms with Gasteiger partial charge in [-0.3, -0.25) is 9.59 Å². The predicted molar refractivity (Wildman–Crippen MR) is 52.9 cm³/mol. The second-order valence-corrected chi connectivity index (χ2v) is 4.47. The van der Waals surface area contributed by atoms with Crippen LogP contribution in [0, 0.1) is 5.41 Å². The molecule has 78 valence electrons. The zero-order valence-electron chi connectivity index (χ0n) is 8.30. The predicted octanol–water partition coefficient (Wildman–Crippen LogP) is 2.04. The second kappa shape index (κ2) is 4.13. The first-order chi connectivity index (χ1) is 6.43. The number of allylic oxidation sites excluding steroid dienone is 2. The number of hydrogen-bond donors (Lipinski definition) is 0. The van der Waals surface area contributed by atoms with Gasteiger partial charge in [-0.15, -0.1) is 11.6 Å². The molecule has 0 amide bonds. The van der Waals surface area contributed by atoms with Gasteiger partial charge in [-0.05, 0) is 5.41 Å². The van der Waals surface area contributed by atoms with Gasteiger partial charge in [0.1, 0.15) is 11.6 Å². The van der Waals surface area contributed by atoms with Crippen molar-refractivity contribution in [3.05, 3.63) is 11.8 Å². The molecule has 0 aliphatic heterocycles. The number of halogens is 1. The van der Waals surface area contributed by atoms with Crippen molar-refractivity contribution in [1.29, 1.82) is 0 Å². The van der Waals surface area contributed by atoms with Gasteiger partial charge in [0.05, 0.1) is 0 Å². The standard InChI is InChI=1S/C10H13ClO3/c1-10(2)4-7(12)3-8(5-10)14-9(13)6-11/h3H,4-6H2,1-2H3. The lowest BCUT2D eigenvalue weighted by Gasteiger charge is -2.27. The SMILES string of the molecule is CC1(C)CC(=O)C=C(OC(=O)CCl)C1. The number of carbonyl (C=O) groups is 2. The second-order valence-electron chi connectivity index (χ2n) is 4.20. The Morgan fingerprint density at radius 2 is 2.21 bits per heavy atom. The Kier molecular flexibility index (Phi) is 3.32. The van der Waals surface area contributed by atoms with E-state index >= 15 is 0 Å². The first-order valence-electron chi connectivity index (χ1n) is 4.43. The van der Waals surface area contributed by atoms with Crippen molar-refractivity contribution >= 4 is 23.4 Å². The fourth-order valence-electron chi connectivity index (χ4n) is 1.53. The Bertz CT molecular complexity index is 292. The quantitative estimate of drug-likeness (QED) is 0.524. The molecule has 0 aromatic carbocycles. The third-order valence-electron chi connectivity index (χ3n) is 1.98. The fourth-order valence-corrected chi connectivity index (χ4v) is 1.58. The molecule has 0 atom stereocenters. The van der Waals surface area contributed by atoms with E-state index in [9.17, 15) is 9.59 Å². The summed E-state index contributed by atoms with van der Waals surface area (Å²) in [6.07, 6.45) is 2.48. The molecule has 0 bridgehead atoms. The third kappa shape index (κ3) is 3.14. The van der Waals surface area contributed by atoms with Gasteiger partial charge >= 0.3 is 5.97 Å². The van der Waals surface area contributed by atoms with E-state index in [1.54, 1.807) is 0 Å². The van der Waals surface area contributed by atoms with E-state index in [1.165, 1.54) is 6.08 Å². The van der Waals surface area contributed by atoms with E-state index < -0.39 is 5.97 Å². The molecule has 0 heterocycles. The molecule has 0 fully saturated rings. The average molecular weight is 217 g/mol. The Balaban J connectivity index is 2.70. The first-order valence-corrected chi connectivity index (χ1v) is 4.96. The van der Waals surface area contributed by atoms with Crippen LogP contribution in [-0.4, -0.2) is 17.6 Å². The van der Waals surface area contributed by atoms with Crippen molar-refractivity contribution in [2.24, 2.45) is 5.41 Å². The maximum Gasteiger partial charge on any atom is 0.325 e. The van der Waals surface area contributed by atoms with E-state index in [2.05, 4.69) is 0 Å². The van der Waals surface area contributed by atoms with Crippen LogP contribution in [0.2, 0.25) is 0 Å². The lowest BCUT2D eigenvalue weighted by atomic mass is 9.79. The molecular formula is C10H13ClO3. The number of ketones is 1. The molecule has 0 spiro atoms. The fraction of sp³-hybridized carbons (Fsp3) is 0.600. The van der Waals surface area contributed by atoms with Gasteiger partial charge in [-0.2, -0.15) is 0 Å². The molecule has 4 heteroatoms. The summed E-state index contributed by atoms with van der Waals surface area (Å²) in [5.41, 5.74) is -0.131. The smallest absolute Gasteiger partial charge is 0.325 e. The van der Waals surface area contributed by atoms with Gasteiger partial charge in [0.25, 0.3) is 0 Å². The number of alkyl halides is 1. The van der Waals surface area contributed by atoms with E-state index in [0.717, 1.165) is 0 Å². The molecule has 0 aromatic rings. The van der Waals surface area contributed by atoms with Crippen LogP contribution in [0.25, 0.3) is 0 Å². The van der Waals surface area contributed by atoms with Crippen molar-refractivity contribution in [3.8, 4) is 0 Å². The lowest BCUT2D eigenvalue weighted by Crippen LogP contribution is -2.24. The number of hydrogen-bond acceptors (Lipinski definition) is 3. The molecule has 0 aromatic heterocycles. The highest BCUT2D eigenvalue weighted by atomic mass is 35.5. The number of esters is 1. The molecule has 1 aliphatic carbocycles. The molecular weight excluding hydrogens is 204 g/mol. The molecule has 0 saturated heterocycles. The van der Waals surface area contributed by atoms with Crippen LogP contribution in [-0.2, 0) is 14.3 Å². The highest BCUT2D eigenvalue weighted by Crippen LogP contribution is 2.33. The van der Waals surface area contributed by atoms with Crippen molar-refractivity contribution in [2.75, 3.05) is 5.88 Å². The summed E-state index contributed by atoms with van der Waals surface area (Å²) >= 11 is 5.29. The summed E-state index contributed by atoms with van der Waals surface area (Å²) in [6.45, 7) is 3.93. The van der Waals surface area contributed by atoms with E-state index in [0.29, 0.717) is 18.6 Å². The summed E-state index contributed by atoms with van der Waals surface area (Å²) in [5.74, 6) is -0.273. The number of ether oxygens (including phenoxy) is 1. The maximum absolute atomic E-state index is 11.3. The maximum atomic E-state index is 11.3. The van der Waals surface area contributed by atoms with Crippen molar-refractivity contribution in [3.63, 3.8) is 0 Å².